The fourth-order valence-electron chi connectivity index (χ4n) is 7.61. The third kappa shape index (κ3) is 3.98. The molecule has 0 saturated carbocycles. The highest BCUT2D eigenvalue weighted by Gasteiger charge is 2.17. The summed E-state index contributed by atoms with van der Waals surface area (Å²) in [5.74, 6) is 0. The Morgan fingerprint density at radius 2 is 0.957 bits per heavy atom. The minimum Gasteiger partial charge on any atom is -0.309 e. The Bertz CT molecular complexity index is 2620. The zero-order chi connectivity index (χ0) is 30.9. The number of aromatic nitrogens is 3. The summed E-state index contributed by atoms with van der Waals surface area (Å²) in [6.07, 6.45) is 3.56. The number of hydrogen-bond acceptors (Lipinski definition) is 2. The number of fused-ring (bicyclic) bond motifs is 9. The number of nitrogens with zero attached hydrogens (tertiary/aromatic N) is 3. The van der Waals surface area contributed by atoms with Crippen LogP contribution in [0.3, 0.4) is 0 Å². The molecule has 7 aromatic carbocycles. The number of para-hydroxylation sites is 1. The van der Waals surface area contributed by atoms with Crippen molar-refractivity contribution < 1.29 is 0 Å². The molecule has 0 aliphatic heterocycles. The van der Waals surface area contributed by atoms with Crippen molar-refractivity contribution >= 4 is 54.4 Å². The zero-order valence-corrected chi connectivity index (χ0v) is 26.0. The first-order chi connectivity index (χ1) is 22.5. The van der Waals surface area contributed by atoms with E-state index in [1.807, 2.05) is 0 Å². The van der Waals surface area contributed by atoms with Crippen LogP contribution in [0.2, 0.25) is 0 Å². The van der Waals surface area contributed by atoms with Gasteiger partial charge >= 0.3 is 0 Å². The standard InChI is InChI=1S/C43H31N3/c1-26-21-27(2)43(28(3)22-26)46-39-14-7-6-12-34(39)38-25-32(16-18-40(38)46)30-10-8-9-29(23-30)31-15-17-36-37(24-31)33-11-4-5-13-35(33)41-42(36)45-20-19-44-41/h4-25H,1-3H3. The second kappa shape index (κ2) is 10.1. The van der Waals surface area contributed by atoms with E-state index >= 15 is 0 Å². The fraction of sp³-hybridized carbons (Fsp3) is 0.0698. The van der Waals surface area contributed by atoms with Gasteiger partial charge in [-0.15, -0.1) is 0 Å². The molecule has 46 heavy (non-hydrogen) atoms. The van der Waals surface area contributed by atoms with E-state index in [4.69, 9.17) is 9.97 Å². The van der Waals surface area contributed by atoms with Crippen molar-refractivity contribution in [3.05, 3.63) is 150 Å². The molecule has 2 heterocycles. The van der Waals surface area contributed by atoms with Crippen LogP contribution < -0.4 is 0 Å². The first kappa shape index (κ1) is 26.6. The van der Waals surface area contributed by atoms with E-state index in [9.17, 15) is 0 Å². The molecule has 0 saturated heterocycles. The molecule has 3 heteroatoms. The third-order valence-corrected chi connectivity index (χ3v) is 9.51. The highest BCUT2D eigenvalue weighted by Crippen LogP contribution is 2.39. The van der Waals surface area contributed by atoms with Crippen molar-refractivity contribution in [2.75, 3.05) is 0 Å². The molecule has 0 aliphatic rings. The lowest BCUT2D eigenvalue weighted by Crippen LogP contribution is -2.00. The normalized spacial score (nSPS) is 11.8. The molecule has 2 aromatic heterocycles. The fourth-order valence-corrected chi connectivity index (χ4v) is 7.61. The first-order valence-electron chi connectivity index (χ1n) is 15.8. The second-order valence-electron chi connectivity index (χ2n) is 12.5. The van der Waals surface area contributed by atoms with E-state index in [2.05, 4.69) is 147 Å². The van der Waals surface area contributed by atoms with Gasteiger partial charge in [-0.2, -0.15) is 0 Å². The molecule has 9 aromatic rings. The average molecular weight is 590 g/mol. The quantitative estimate of drug-likeness (QED) is 0.192. The number of benzene rings is 7. The topological polar surface area (TPSA) is 30.7 Å². The van der Waals surface area contributed by atoms with Crippen LogP contribution in [0.15, 0.2) is 134 Å². The Balaban J connectivity index is 1.21. The SMILES string of the molecule is Cc1cc(C)c(-n2c3ccccc3c3cc(-c4cccc(-c5ccc6c(c5)c5ccccc5c5nccnc65)c4)ccc32)c(C)c1. The van der Waals surface area contributed by atoms with Crippen LogP contribution in [0, 0.1) is 20.8 Å². The summed E-state index contributed by atoms with van der Waals surface area (Å²) in [6, 6.07) is 44.5. The average Bonchev–Trinajstić information content (AvgIpc) is 3.41. The maximum Gasteiger partial charge on any atom is 0.0971 e. The lowest BCUT2D eigenvalue weighted by Gasteiger charge is -2.15. The second-order valence-corrected chi connectivity index (χ2v) is 12.5. The Morgan fingerprint density at radius 1 is 0.413 bits per heavy atom. The molecule has 0 N–H and O–H groups in total. The van der Waals surface area contributed by atoms with Crippen molar-refractivity contribution in [3.63, 3.8) is 0 Å². The summed E-state index contributed by atoms with van der Waals surface area (Å²) in [5, 5.41) is 7.19. The van der Waals surface area contributed by atoms with Gasteiger partial charge < -0.3 is 4.57 Å². The summed E-state index contributed by atoms with van der Waals surface area (Å²) in [6.45, 7) is 6.62. The van der Waals surface area contributed by atoms with Gasteiger partial charge in [-0.1, -0.05) is 96.6 Å². The summed E-state index contributed by atoms with van der Waals surface area (Å²) >= 11 is 0. The molecule has 0 fully saturated rings. The molecule has 0 spiro atoms. The highest BCUT2D eigenvalue weighted by atomic mass is 15.0. The maximum atomic E-state index is 4.73. The van der Waals surface area contributed by atoms with Crippen LogP contribution in [-0.2, 0) is 0 Å². The van der Waals surface area contributed by atoms with Gasteiger partial charge in [-0.25, -0.2) is 0 Å². The summed E-state index contributed by atoms with van der Waals surface area (Å²) in [5.41, 5.74) is 14.3. The summed E-state index contributed by atoms with van der Waals surface area (Å²) in [7, 11) is 0. The Hall–Kier alpha value is -5.80. The van der Waals surface area contributed by atoms with Gasteiger partial charge in [0.15, 0.2) is 0 Å². The minimum absolute atomic E-state index is 0.944. The molecule has 0 bridgehead atoms. The van der Waals surface area contributed by atoms with Gasteiger partial charge in [-0.05, 0) is 95.3 Å². The molecule has 9 rings (SSSR count). The largest absolute Gasteiger partial charge is 0.309 e. The monoisotopic (exact) mass is 589 g/mol. The molecule has 0 aliphatic carbocycles. The van der Waals surface area contributed by atoms with Crippen LogP contribution in [0.5, 0.6) is 0 Å². The van der Waals surface area contributed by atoms with Crippen LogP contribution in [0.25, 0.3) is 82.3 Å². The van der Waals surface area contributed by atoms with Gasteiger partial charge in [0, 0.05) is 33.9 Å². The maximum absolute atomic E-state index is 4.73. The minimum atomic E-state index is 0.944. The third-order valence-electron chi connectivity index (χ3n) is 9.51. The van der Waals surface area contributed by atoms with Crippen molar-refractivity contribution in [1.82, 2.24) is 14.5 Å². The number of rotatable bonds is 3. The smallest absolute Gasteiger partial charge is 0.0971 e. The van der Waals surface area contributed by atoms with Crippen LogP contribution >= 0.6 is 0 Å². The molecule has 0 unspecified atom stereocenters. The summed E-state index contributed by atoms with van der Waals surface area (Å²) < 4.78 is 2.45. The number of aryl methyl sites for hydroxylation is 3. The van der Waals surface area contributed by atoms with Gasteiger partial charge in [0.2, 0.25) is 0 Å². The van der Waals surface area contributed by atoms with Crippen molar-refractivity contribution in [2.24, 2.45) is 0 Å². The molecular weight excluding hydrogens is 558 g/mol. The molecule has 3 nitrogen and oxygen atoms in total. The molecular formula is C43H31N3. The zero-order valence-electron chi connectivity index (χ0n) is 26.0. The lowest BCUT2D eigenvalue weighted by atomic mass is 9.94. The van der Waals surface area contributed by atoms with Gasteiger partial charge in [0.1, 0.15) is 0 Å². The van der Waals surface area contributed by atoms with E-state index in [1.165, 1.54) is 77.2 Å². The lowest BCUT2D eigenvalue weighted by molar-refractivity contribution is 1.11. The van der Waals surface area contributed by atoms with Crippen LogP contribution in [0.4, 0.5) is 0 Å². The first-order valence-corrected chi connectivity index (χ1v) is 15.8. The van der Waals surface area contributed by atoms with E-state index in [-0.39, 0.29) is 0 Å². The van der Waals surface area contributed by atoms with Crippen molar-refractivity contribution in [2.45, 2.75) is 20.8 Å². The Kier molecular flexibility index (Phi) is 5.85. The Labute approximate surface area is 267 Å². The van der Waals surface area contributed by atoms with Crippen molar-refractivity contribution in [1.29, 1.82) is 0 Å². The summed E-state index contributed by atoms with van der Waals surface area (Å²) in [4.78, 5) is 9.42. The molecule has 0 radical (unpaired) electrons. The predicted molar refractivity (Wildman–Crippen MR) is 194 cm³/mol. The van der Waals surface area contributed by atoms with Crippen LogP contribution in [-0.4, -0.2) is 14.5 Å². The van der Waals surface area contributed by atoms with Gasteiger partial charge in [0.25, 0.3) is 0 Å². The van der Waals surface area contributed by atoms with E-state index in [1.54, 1.807) is 12.4 Å². The van der Waals surface area contributed by atoms with E-state index < -0.39 is 0 Å². The molecule has 0 amide bonds. The molecule has 218 valence electrons. The highest BCUT2D eigenvalue weighted by molar-refractivity contribution is 6.23. The van der Waals surface area contributed by atoms with Gasteiger partial charge in [0.05, 0.1) is 27.8 Å². The Morgan fingerprint density at radius 3 is 1.67 bits per heavy atom. The predicted octanol–water partition coefficient (Wildman–Crippen LogP) is 11.3. The molecule has 0 atom stereocenters. The van der Waals surface area contributed by atoms with E-state index in [0.29, 0.717) is 0 Å². The van der Waals surface area contributed by atoms with Crippen molar-refractivity contribution in [3.8, 4) is 27.9 Å². The van der Waals surface area contributed by atoms with Gasteiger partial charge in [-0.3, -0.25) is 9.97 Å². The number of hydrogen-bond donors (Lipinski definition) is 0. The van der Waals surface area contributed by atoms with Crippen LogP contribution in [0.1, 0.15) is 16.7 Å². The van der Waals surface area contributed by atoms with E-state index in [0.717, 1.165) is 21.8 Å².